The lowest BCUT2D eigenvalue weighted by atomic mass is 9.89. The molecule has 0 unspecified atom stereocenters. The third kappa shape index (κ3) is 4.28. The van der Waals surface area contributed by atoms with Crippen LogP contribution >= 0.6 is 0 Å². The quantitative estimate of drug-likeness (QED) is 0.624. The maximum absolute atomic E-state index is 13.7. The Bertz CT molecular complexity index is 1110. The Morgan fingerprint density at radius 3 is 2.59 bits per heavy atom. The van der Waals surface area contributed by atoms with Crippen LogP contribution in [-0.2, 0) is 22.6 Å². The number of carboxylic acids is 1. The Morgan fingerprint density at radius 1 is 1.09 bits per heavy atom. The number of hydrogen-bond donors (Lipinski definition) is 1. The summed E-state index contributed by atoms with van der Waals surface area (Å²) in [6.45, 7) is 4.45. The molecule has 0 amide bonds. The average Bonchev–Trinajstić information content (AvgIpc) is 3.44. The summed E-state index contributed by atoms with van der Waals surface area (Å²) in [6, 6.07) is 12.9. The molecule has 2 saturated heterocycles. The fraction of sp³-hybridized carbons (Fsp3) is 0.400. The van der Waals surface area contributed by atoms with Gasteiger partial charge >= 0.3 is 5.97 Å². The minimum atomic E-state index is -1.23. The van der Waals surface area contributed by atoms with E-state index in [2.05, 4.69) is 39.9 Å². The molecule has 0 bridgehead atoms. The number of aromatic nitrogens is 1. The third-order valence-corrected chi connectivity index (χ3v) is 6.55. The molecule has 168 valence electrons. The molecule has 6 nitrogen and oxygen atoms in total. The van der Waals surface area contributed by atoms with E-state index in [9.17, 15) is 9.18 Å². The van der Waals surface area contributed by atoms with Crippen molar-refractivity contribution in [3.05, 3.63) is 71.2 Å². The molecule has 0 atom stereocenters. The zero-order valence-corrected chi connectivity index (χ0v) is 17.9. The maximum Gasteiger partial charge on any atom is 0.338 e. The van der Waals surface area contributed by atoms with E-state index < -0.39 is 11.8 Å². The van der Waals surface area contributed by atoms with Gasteiger partial charge in [0.15, 0.2) is 6.29 Å². The van der Waals surface area contributed by atoms with Gasteiger partial charge in [-0.15, -0.1) is 0 Å². The molecule has 32 heavy (non-hydrogen) atoms. The van der Waals surface area contributed by atoms with Crippen LogP contribution in [0.25, 0.3) is 10.9 Å². The monoisotopic (exact) mass is 438 g/mol. The van der Waals surface area contributed by atoms with Gasteiger partial charge in [-0.3, -0.25) is 4.90 Å². The second-order valence-electron chi connectivity index (χ2n) is 8.59. The van der Waals surface area contributed by atoms with Crippen LogP contribution in [0.5, 0.6) is 0 Å². The molecule has 2 fully saturated rings. The molecule has 1 N–H and O–H groups in total. The van der Waals surface area contributed by atoms with Gasteiger partial charge in [-0.1, -0.05) is 24.3 Å². The van der Waals surface area contributed by atoms with Gasteiger partial charge in [-0.25, -0.2) is 9.18 Å². The van der Waals surface area contributed by atoms with E-state index in [0.29, 0.717) is 32.2 Å². The van der Waals surface area contributed by atoms with E-state index in [4.69, 9.17) is 14.6 Å². The number of piperidine rings is 1. The highest BCUT2D eigenvalue weighted by atomic mass is 19.1. The highest BCUT2D eigenvalue weighted by Crippen LogP contribution is 2.35. The Morgan fingerprint density at radius 2 is 1.84 bits per heavy atom. The molecule has 7 heteroatoms. The minimum absolute atomic E-state index is 0.188. The van der Waals surface area contributed by atoms with Crippen LogP contribution in [0.3, 0.4) is 0 Å². The largest absolute Gasteiger partial charge is 0.478 e. The van der Waals surface area contributed by atoms with Crippen molar-refractivity contribution in [3.63, 3.8) is 0 Å². The molecule has 1 aromatic heterocycles. The number of likely N-dealkylation sites (tertiary alicyclic amines) is 1. The van der Waals surface area contributed by atoms with Crippen LogP contribution in [0.15, 0.2) is 48.7 Å². The highest BCUT2D eigenvalue weighted by Gasteiger charge is 2.25. The van der Waals surface area contributed by atoms with Crippen molar-refractivity contribution in [2.24, 2.45) is 0 Å². The summed E-state index contributed by atoms with van der Waals surface area (Å²) in [4.78, 5) is 13.5. The molecule has 0 radical (unpaired) electrons. The second-order valence-corrected chi connectivity index (χ2v) is 8.59. The number of aromatic carboxylic acids is 1. The first-order valence-electron chi connectivity index (χ1n) is 11.1. The van der Waals surface area contributed by atoms with E-state index in [1.54, 1.807) is 6.07 Å². The standard InChI is InChI=1S/C25H27FN2O4/c26-22-6-5-17(13-20(22)25(29)30)14-27-9-7-18(8-10-27)21-15-28(16-24-31-11-12-32-24)23-4-2-1-3-19(21)23/h1-6,13,15,18,24H,7-12,14,16H2,(H,29,30). The van der Waals surface area contributed by atoms with Crippen molar-refractivity contribution < 1.29 is 23.8 Å². The first-order valence-corrected chi connectivity index (χ1v) is 11.1. The average molecular weight is 438 g/mol. The fourth-order valence-electron chi connectivity index (χ4n) is 4.92. The first-order chi connectivity index (χ1) is 15.6. The molecule has 0 spiro atoms. The molecule has 3 heterocycles. The molecule has 5 rings (SSSR count). The van der Waals surface area contributed by atoms with Crippen LogP contribution in [0.2, 0.25) is 0 Å². The summed E-state index contributed by atoms with van der Waals surface area (Å²) in [5.41, 5.74) is 3.14. The molecule has 2 aromatic carbocycles. The predicted molar refractivity (Wildman–Crippen MR) is 118 cm³/mol. The summed E-state index contributed by atoms with van der Waals surface area (Å²) in [5.74, 6) is -1.46. The second kappa shape index (κ2) is 9.02. The van der Waals surface area contributed by atoms with Gasteiger partial charge in [0.2, 0.25) is 0 Å². The smallest absolute Gasteiger partial charge is 0.338 e. The summed E-state index contributed by atoms with van der Waals surface area (Å²) < 4.78 is 27.2. The van der Waals surface area contributed by atoms with Gasteiger partial charge in [0.25, 0.3) is 0 Å². The summed E-state index contributed by atoms with van der Waals surface area (Å²) in [6.07, 6.45) is 4.12. The van der Waals surface area contributed by atoms with Crippen molar-refractivity contribution in [2.75, 3.05) is 26.3 Å². The van der Waals surface area contributed by atoms with Gasteiger partial charge in [0, 0.05) is 23.6 Å². The van der Waals surface area contributed by atoms with Gasteiger partial charge in [-0.2, -0.15) is 0 Å². The number of rotatable bonds is 6. The first kappa shape index (κ1) is 21.1. The van der Waals surface area contributed by atoms with E-state index >= 15 is 0 Å². The van der Waals surface area contributed by atoms with E-state index in [0.717, 1.165) is 31.5 Å². The van der Waals surface area contributed by atoms with Crippen LogP contribution < -0.4 is 0 Å². The minimum Gasteiger partial charge on any atom is -0.478 e. The third-order valence-electron chi connectivity index (χ3n) is 6.55. The van der Waals surface area contributed by atoms with E-state index in [1.807, 2.05) is 0 Å². The normalized spacial score (nSPS) is 18.5. The summed E-state index contributed by atoms with van der Waals surface area (Å²) in [7, 11) is 0. The van der Waals surface area contributed by atoms with Gasteiger partial charge in [-0.05, 0) is 61.2 Å². The zero-order chi connectivity index (χ0) is 22.1. The van der Waals surface area contributed by atoms with Gasteiger partial charge in [0.1, 0.15) is 5.82 Å². The Hall–Kier alpha value is -2.74. The van der Waals surface area contributed by atoms with Crippen molar-refractivity contribution in [1.82, 2.24) is 9.47 Å². The van der Waals surface area contributed by atoms with Crippen molar-refractivity contribution in [2.45, 2.75) is 38.1 Å². The van der Waals surface area contributed by atoms with Crippen LogP contribution in [0, 0.1) is 5.82 Å². The molecular weight excluding hydrogens is 411 g/mol. The highest BCUT2D eigenvalue weighted by molar-refractivity contribution is 5.88. The number of carbonyl (C=O) groups is 1. The maximum atomic E-state index is 13.7. The number of nitrogens with zero attached hydrogens (tertiary/aromatic N) is 2. The van der Waals surface area contributed by atoms with E-state index in [-0.39, 0.29) is 11.9 Å². The molecule has 3 aromatic rings. The number of para-hydroxylation sites is 1. The van der Waals surface area contributed by atoms with Crippen LogP contribution in [0.1, 0.15) is 40.2 Å². The number of benzene rings is 2. The molecule has 0 aliphatic carbocycles. The van der Waals surface area contributed by atoms with Crippen molar-refractivity contribution in [3.8, 4) is 0 Å². The Kier molecular flexibility index (Phi) is 5.95. The number of ether oxygens (including phenoxy) is 2. The summed E-state index contributed by atoms with van der Waals surface area (Å²) >= 11 is 0. The van der Waals surface area contributed by atoms with E-state index in [1.165, 1.54) is 28.6 Å². The SMILES string of the molecule is O=C(O)c1cc(CN2CCC(c3cn(CC4OCCO4)c4ccccc34)CC2)ccc1F. The van der Waals surface area contributed by atoms with Gasteiger partial charge in [0.05, 0.1) is 25.3 Å². The fourth-order valence-corrected chi connectivity index (χ4v) is 4.92. The number of carboxylic acid groups (broad SMARTS) is 1. The lowest BCUT2D eigenvalue weighted by molar-refractivity contribution is -0.0517. The molecule has 2 aliphatic rings. The summed E-state index contributed by atoms with van der Waals surface area (Å²) in [5, 5.41) is 10.4. The topological polar surface area (TPSA) is 63.9 Å². The predicted octanol–water partition coefficient (Wildman–Crippen LogP) is 4.23. The molecular formula is C25H27FN2O4. The number of fused-ring (bicyclic) bond motifs is 1. The van der Waals surface area contributed by atoms with Crippen molar-refractivity contribution in [1.29, 1.82) is 0 Å². The molecule has 0 saturated carbocycles. The van der Waals surface area contributed by atoms with Crippen LogP contribution in [-0.4, -0.2) is 53.1 Å². The number of hydrogen-bond acceptors (Lipinski definition) is 4. The lowest BCUT2D eigenvalue weighted by Gasteiger charge is -2.32. The Balaban J connectivity index is 1.28. The van der Waals surface area contributed by atoms with Gasteiger partial charge < -0.3 is 19.1 Å². The van der Waals surface area contributed by atoms with Crippen LogP contribution in [0.4, 0.5) is 4.39 Å². The molecule has 2 aliphatic heterocycles. The number of halogens is 1. The lowest BCUT2D eigenvalue weighted by Crippen LogP contribution is -2.32. The zero-order valence-electron chi connectivity index (χ0n) is 17.9. The van der Waals surface area contributed by atoms with Crippen molar-refractivity contribution >= 4 is 16.9 Å². The Labute approximate surface area is 186 Å².